The summed E-state index contributed by atoms with van der Waals surface area (Å²) in [5.74, 6) is 0. The highest BCUT2D eigenvalue weighted by molar-refractivity contribution is 9.10. The van der Waals surface area contributed by atoms with Crippen molar-refractivity contribution in [3.63, 3.8) is 0 Å². The zero-order valence-corrected chi connectivity index (χ0v) is 13.3. The van der Waals surface area contributed by atoms with E-state index >= 15 is 0 Å². The Morgan fingerprint density at radius 3 is 2.68 bits per heavy atom. The van der Waals surface area contributed by atoms with Gasteiger partial charge in [-0.3, -0.25) is 0 Å². The highest BCUT2D eigenvalue weighted by Gasteiger charge is 2.32. The molecular weight excluding hydrogens is 312 g/mol. The van der Waals surface area contributed by atoms with Gasteiger partial charge < -0.3 is 9.64 Å². The van der Waals surface area contributed by atoms with Gasteiger partial charge in [0.2, 0.25) is 0 Å². The lowest BCUT2D eigenvalue weighted by atomic mass is 10.2. The van der Waals surface area contributed by atoms with Crippen LogP contribution in [0.4, 0.5) is 4.79 Å². The van der Waals surface area contributed by atoms with Crippen LogP contribution < -0.4 is 0 Å². The van der Waals surface area contributed by atoms with Crippen molar-refractivity contribution in [3.8, 4) is 0 Å². The number of carbonyl (C=O) groups excluding carboxylic acids is 1. The van der Waals surface area contributed by atoms with E-state index in [0.29, 0.717) is 13.1 Å². The van der Waals surface area contributed by atoms with Crippen molar-refractivity contribution in [2.24, 2.45) is 0 Å². The highest BCUT2D eigenvalue weighted by Crippen LogP contribution is 2.25. The number of rotatable bonds is 1. The van der Waals surface area contributed by atoms with E-state index in [9.17, 15) is 4.79 Å². The van der Waals surface area contributed by atoms with Gasteiger partial charge in [-0.15, -0.1) is 5.10 Å². The predicted octanol–water partition coefficient (Wildman–Crippen LogP) is 2.53. The molecule has 0 unspecified atom stereocenters. The second kappa shape index (κ2) is 5.11. The lowest BCUT2D eigenvalue weighted by Gasteiger charge is -2.24. The molecule has 0 aromatic carbocycles. The summed E-state index contributed by atoms with van der Waals surface area (Å²) in [4.78, 5) is 13.7. The molecule has 1 aromatic rings. The Morgan fingerprint density at radius 1 is 1.47 bits per heavy atom. The van der Waals surface area contributed by atoms with Crippen molar-refractivity contribution in [2.75, 3.05) is 13.1 Å². The number of aromatic nitrogens is 3. The van der Waals surface area contributed by atoms with Gasteiger partial charge in [0, 0.05) is 13.1 Å². The van der Waals surface area contributed by atoms with Crippen LogP contribution in [0, 0.1) is 6.92 Å². The van der Waals surface area contributed by atoms with Crippen molar-refractivity contribution in [3.05, 3.63) is 10.3 Å². The molecule has 6 nitrogen and oxygen atoms in total. The molecule has 1 aliphatic rings. The van der Waals surface area contributed by atoms with Crippen LogP contribution in [0.25, 0.3) is 0 Å². The molecule has 1 aliphatic heterocycles. The lowest BCUT2D eigenvalue weighted by Crippen LogP contribution is -2.35. The second-order valence-corrected chi connectivity index (χ2v) is 6.53. The predicted molar refractivity (Wildman–Crippen MR) is 73.9 cm³/mol. The molecule has 7 heteroatoms. The van der Waals surface area contributed by atoms with Gasteiger partial charge in [-0.1, -0.05) is 5.21 Å². The molecule has 1 saturated heterocycles. The third-order valence-electron chi connectivity index (χ3n) is 3.03. The fourth-order valence-corrected chi connectivity index (χ4v) is 2.35. The lowest BCUT2D eigenvalue weighted by molar-refractivity contribution is 0.0288. The largest absolute Gasteiger partial charge is 0.444 e. The molecule has 2 rings (SSSR count). The number of likely N-dealkylation sites (tertiary alicyclic amines) is 1. The van der Waals surface area contributed by atoms with E-state index in [0.717, 1.165) is 16.7 Å². The van der Waals surface area contributed by atoms with E-state index in [1.165, 1.54) is 0 Å². The van der Waals surface area contributed by atoms with E-state index in [1.807, 2.05) is 32.4 Å². The number of hydrogen-bond acceptors (Lipinski definition) is 4. The molecule has 0 N–H and O–H groups in total. The first-order chi connectivity index (χ1) is 8.78. The molecule has 0 spiro atoms. The third-order valence-corrected chi connectivity index (χ3v) is 3.76. The topological polar surface area (TPSA) is 60.2 Å². The maximum absolute atomic E-state index is 12.0. The summed E-state index contributed by atoms with van der Waals surface area (Å²) in [6.07, 6.45) is 0.613. The summed E-state index contributed by atoms with van der Waals surface area (Å²) in [5.41, 5.74) is 0.525. The number of nitrogens with zero attached hydrogens (tertiary/aromatic N) is 4. The summed E-state index contributed by atoms with van der Waals surface area (Å²) in [5, 5.41) is 8.09. The molecule has 0 aliphatic carbocycles. The van der Waals surface area contributed by atoms with Crippen molar-refractivity contribution in [2.45, 2.75) is 45.8 Å². The molecule has 19 heavy (non-hydrogen) atoms. The molecule has 0 saturated carbocycles. The van der Waals surface area contributed by atoms with Crippen LogP contribution in [0.3, 0.4) is 0 Å². The molecule has 1 aromatic heterocycles. The quantitative estimate of drug-likeness (QED) is 0.793. The van der Waals surface area contributed by atoms with Crippen LogP contribution in [0.15, 0.2) is 4.60 Å². The first-order valence-electron chi connectivity index (χ1n) is 6.33. The monoisotopic (exact) mass is 330 g/mol. The number of halogens is 1. The molecule has 0 radical (unpaired) electrons. The zero-order chi connectivity index (χ0) is 14.2. The third kappa shape index (κ3) is 3.26. The number of carbonyl (C=O) groups is 1. The molecule has 0 bridgehead atoms. The smallest absolute Gasteiger partial charge is 0.410 e. The van der Waals surface area contributed by atoms with Crippen LogP contribution >= 0.6 is 15.9 Å². The standard InChI is InChI=1S/C12H19BrN4O2/c1-8-10(13)14-15-17(8)9-5-6-16(7-9)11(18)19-12(2,3)4/h9H,5-7H2,1-4H3/t9-/m0/s1. The molecular formula is C12H19BrN4O2. The fourth-order valence-electron chi connectivity index (χ4n) is 2.10. The Hall–Kier alpha value is -1.11. The summed E-state index contributed by atoms with van der Waals surface area (Å²) in [7, 11) is 0. The van der Waals surface area contributed by atoms with Gasteiger partial charge >= 0.3 is 6.09 Å². The van der Waals surface area contributed by atoms with E-state index < -0.39 is 5.60 Å². The molecule has 106 valence electrons. The van der Waals surface area contributed by atoms with Crippen LogP contribution in [0.2, 0.25) is 0 Å². The van der Waals surface area contributed by atoms with Crippen LogP contribution in [-0.4, -0.2) is 44.7 Å². The van der Waals surface area contributed by atoms with Gasteiger partial charge in [-0.2, -0.15) is 0 Å². The highest BCUT2D eigenvalue weighted by atomic mass is 79.9. The van der Waals surface area contributed by atoms with Crippen LogP contribution in [0.1, 0.15) is 38.9 Å². The number of hydrogen-bond donors (Lipinski definition) is 0. The Balaban J connectivity index is 2.00. The normalized spacial score (nSPS) is 19.8. The maximum Gasteiger partial charge on any atom is 0.410 e. The van der Waals surface area contributed by atoms with Crippen LogP contribution in [-0.2, 0) is 4.74 Å². The summed E-state index contributed by atoms with van der Waals surface area (Å²) in [6.45, 7) is 8.88. The van der Waals surface area contributed by atoms with Crippen molar-refractivity contribution < 1.29 is 9.53 Å². The SMILES string of the molecule is Cc1c(Br)nnn1[C@H]1CCN(C(=O)OC(C)(C)C)C1. The summed E-state index contributed by atoms with van der Waals surface area (Å²) in [6, 6.07) is 0.173. The minimum Gasteiger partial charge on any atom is -0.444 e. The molecule has 1 amide bonds. The van der Waals surface area contributed by atoms with Crippen molar-refractivity contribution in [1.82, 2.24) is 19.9 Å². The van der Waals surface area contributed by atoms with Gasteiger partial charge in [0.15, 0.2) is 4.60 Å². The minimum absolute atomic E-state index is 0.173. The van der Waals surface area contributed by atoms with Gasteiger partial charge in [0.1, 0.15) is 5.60 Å². The molecule has 2 heterocycles. The van der Waals surface area contributed by atoms with E-state index in [4.69, 9.17) is 4.74 Å². The molecule has 1 atom stereocenters. The van der Waals surface area contributed by atoms with E-state index in [-0.39, 0.29) is 12.1 Å². The van der Waals surface area contributed by atoms with Gasteiger partial charge in [-0.25, -0.2) is 9.48 Å². The minimum atomic E-state index is -0.457. The number of amides is 1. The first-order valence-corrected chi connectivity index (χ1v) is 7.12. The Morgan fingerprint density at radius 2 is 2.16 bits per heavy atom. The summed E-state index contributed by atoms with van der Waals surface area (Å²) < 4.78 is 8.00. The molecule has 1 fully saturated rings. The van der Waals surface area contributed by atoms with Crippen molar-refractivity contribution >= 4 is 22.0 Å². The van der Waals surface area contributed by atoms with Crippen molar-refractivity contribution in [1.29, 1.82) is 0 Å². The average Bonchev–Trinajstić information content (AvgIpc) is 2.85. The van der Waals surface area contributed by atoms with Gasteiger partial charge in [-0.05, 0) is 50.0 Å². The maximum atomic E-state index is 12.0. The van der Waals surface area contributed by atoms with E-state index in [1.54, 1.807) is 4.90 Å². The Kier molecular flexibility index (Phi) is 3.85. The number of ether oxygens (including phenoxy) is 1. The van der Waals surface area contributed by atoms with Crippen LogP contribution in [0.5, 0.6) is 0 Å². The second-order valence-electron chi connectivity index (χ2n) is 5.78. The average molecular weight is 331 g/mol. The van der Waals surface area contributed by atoms with E-state index in [2.05, 4.69) is 26.2 Å². The fraction of sp³-hybridized carbons (Fsp3) is 0.750. The Bertz CT molecular complexity index is 481. The van der Waals surface area contributed by atoms with Gasteiger partial charge in [0.25, 0.3) is 0 Å². The van der Waals surface area contributed by atoms with Gasteiger partial charge in [0.05, 0.1) is 11.7 Å². The zero-order valence-electron chi connectivity index (χ0n) is 11.7. The summed E-state index contributed by atoms with van der Waals surface area (Å²) >= 11 is 3.35. The first kappa shape index (κ1) is 14.3. The Labute approximate surface area is 121 Å².